The number of carbonyl (C=O) groups is 1. The van der Waals surface area contributed by atoms with Gasteiger partial charge in [0.1, 0.15) is 10.7 Å². The van der Waals surface area contributed by atoms with Crippen molar-refractivity contribution in [2.75, 3.05) is 12.3 Å². The van der Waals surface area contributed by atoms with E-state index in [0.29, 0.717) is 0 Å². The van der Waals surface area contributed by atoms with E-state index >= 15 is 0 Å². The fourth-order valence-corrected chi connectivity index (χ4v) is 3.13. The Bertz CT molecular complexity index is 903. The fraction of sp³-hybridized carbons (Fsp3) is 0.105. The molecule has 1 N–H and O–H groups in total. The van der Waals surface area contributed by atoms with Crippen molar-refractivity contribution in [2.45, 2.75) is 5.03 Å². The number of amides is 1. The highest BCUT2D eigenvalue weighted by molar-refractivity contribution is 8.00. The lowest BCUT2D eigenvalue weighted by Crippen LogP contribution is -2.25. The van der Waals surface area contributed by atoms with Crippen molar-refractivity contribution in [2.24, 2.45) is 0 Å². The molecule has 0 aliphatic heterocycles. The maximum Gasteiger partial charge on any atom is 0.231 e. The SMILES string of the molecule is C#CCNC(=O)CSc1nnc(-c2ccccc2)c2ccccc12. The maximum absolute atomic E-state index is 11.7. The third kappa shape index (κ3) is 3.55. The summed E-state index contributed by atoms with van der Waals surface area (Å²) in [6.07, 6.45) is 5.14. The number of hydrogen-bond acceptors (Lipinski definition) is 4. The first-order valence-electron chi connectivity index (χ1n) is 7.43. The van der Waals surface area contributed by atoms with E-state index in [2.05, 4.69) is 21.4 Å². The highest BCUT2D eigenvalue weighted by Gasteiger charge is 2.12. The lowest BCUT2D eigenvalue weighted by atomic mass is 10.1. The Kier molecular flexibility index (Phi) is 5.09. The van der Waals surface area contributed by atoms with Crippen LogP contribution in [0.4, 0.5) is 0 Å². The molecule has 3 aromatic rings. The van der Waals surface area contributed by atoms with Crippen LogP contribution in [-0.2, 0) is 4.79 Å². The van der Waals surface area contributed by atoms with E-state index in [1.165, 1.54) is 11.8 Å². The van der Waals surface area contributed by atoms with Crippen LogP contribution >= 0.6 is 11.8 Å². The van der Waals surface area contributed by atoms with Crippen molar-refractivity contribution >= 4 is 28.4 Å². The van der Waals surface area contributed by atoms with Gasteiger partial charge in [-0.15, -0.1) is 16.6 Å². The molecule has 0 aliphatic rings. The maximum atomic E-state index is 11.7. The van der Waals surface area contributed by atoms with Crippen LogP contribution in [0.2, 0.25) is 0 Å². The Morgan fingerprint density at radius 2 is 1.75 bits per heavy atom. The molecule has 1 heterocycles. The van der Waals surface area contributed by atoms with Crippen LogP contribution in [0.15, 0.2) is 59.6 Å². The summed E-state index contributed by atoms with van der Waals surface area (Å²) in [5.41, 5.74) is 1.86. The van der Waals surface area contributed by atoms with Crippen LogP contribution in [0, 0.1) is 12.3 Å². The number of hydrogen-bond donors (Lipinski definition) is 1. The number of thioether (sulfide) groups is 1. The summed E-state index contributed by atoms with van der Waals surface area (Å²) < 4.78 is 0. The van der Waals surface area contributed by atoms with Gasteiger partial charge >= 0.3 is 0 Å². The van der Waals surface area contributed by atoms with Gasteiger partial charge in [-0.05, 0) is 0 Å². The van der Waals surface area contributed by atoms with Gasteiger partial charge < -0.3 is 5.32 Å². The van der Waals surface area contributed by atoms with Crippen molar-refractivity contribution in [1.29, 1.82) is 0 Å². The van der Waals surface area contributed by atoms with Crippen LogP contribution in [0.5, 0.6) is 0 Å². The third-order valence-electron chi connectivity index (χ3n) is 3.43. The van der Waals surface area contributed by atoms with E-state index in [0.717, 1.165) is 27.1 Å². The zero-order chi connectivity index (χ0) is 16.8. The first-order valence-corrected chi connectivity index (χ1v) is 8.42. The molecule has 0 spiro atoms. The van der Waals surface area contributed by atoms with Crippen molar-refractivity contribution in [1.82, 2.24) is 15.5 Å². The monoisotopic (exact) mass is 333 g/mol. The van der Waals surface area contributed by atoms with Crippen LogP contribution in [0.1, 0.15) is 0 Å². The Balaban J connectivity index is 1.92. The zero-order valence-corrected chi connectivity index (χ0v) is 13.7. The zero-order valence-electron chi connectivity index (χ0n) is 12.9. The smallest absolute Gasteiger partial charge is 0.231 e. The van der Waals surface area contributed by atoms with Gasteiger partial charge in [-0.3, -0.25) is 4.79 Å². The number of nitrogens with one attached hydrogen (secondary N) is 1. The van der Waals surface area contributed by atoms with Gasteiger partial charge in [0.25, 0.3) is 0 Å². The molecular formula is C19H15N3OS. The van der Waals surface area contributed by atoms with Crippen molar-refractivity contribution < 1.29 is 4.79 Å². The molecule has 5 heteroatoms. The normalized spacial score (nSPS) is 10.3. The van der Waals surface area contributed by atoms with Gasteiger partial charge in [0.05, 0.1) is 12.3 Å². The van der Waals surface area contributed by atoms with Crippen molar-refractivity contribution in [3.63, 3.8) is 0 Å². The minimum absolute atomic E-state index is 0.115. The van der Waals surface area contributed by atoms with E-state index in [4.69, 9.17) is 6.42 Å². The van der Waals surface area contributed by atoms with E-state index in [-0.39, 0.29) is 18.2 Å². The summed E-state index contributed by atoms with van der Waals surface area (Å²) in [5, 5.41) is 14.1. The Labute approximate surface area is 144 Å². The number of benzene rings is 2. The average Bonchev–Trinajstić information content (AvgIpc) is 2.65. The molecule has 0 fully saturated rings. The number of nitrogens with zero attached hydrogens (tertiary/aromatic N) is 2. The molecule has 0 aliphatic carbocycles. The van der Waals surface area contributed by atoms with Crippen LogP contribution in [0.3, 0.4) is 0 Å². The van der Waals surface area contributed by atoms with Crippen molar-refractivity contribution in [3.05, 3.63) is 54.6 Å². The molecule has 0 saturated carbocycles. The molecule has 24 heavy (non-hydrogen) atoms. The lowest BCUT2D eigenvalue weighted by Gasteiger charge is -2.09. The first-order chi connectivity index (χ1) is 11.8. The van der Waals surface area contributed by atoms with Gasteiger partial charge in [0.2, 0.25) is 5.91 Å². The van der Waals surface area contributed by atoms with Gasteiger partial charge in [0, 0.05) is 16.3 Å². The van der Waals surface area contributed by atoms with Crippen LogP contribution in [-0.4, -0.2) is 28.4 Å². The second-order valence-electron chi connectivity index (χ2n) is 5.03. The molecule has 1 amide bonds. The second kappa shape index (κ2) is 7.62. The van der Waals surface area contributed by atoms with Gasteiger partial charge in [-0.25, -0.2) is 0 Å². The average molecular weight is 333 g/mol. The molecule has 0 unspecified atom stereocenters. The molecule has 2 aromatic carbocycles. The van der Waals surface area contributed by atoms with E-state index < -0.39 is 0 Å². The second-order valence-corrected chi connectivity index (χ2v) is 6.00. The molecular weight excluding hydrogens is 318 g/mol. The fourth-order valence-electron chi connectivity index (χ4n) is 2.33. The summed E-state index contributed by atoms with van der Waals surface area (Å²) in [6.45, 7) is 0.235. The Hall–Kier alpha value is -2.84. The first kappa shape index (κ1) is 16.0. The molecule has 4 nitrogen and oxygen atoms in total. The molecule has 0 radical (unpaired) electrons. The van der Waals surface area contributed by atoms with Crippen LogP contribution in [0.25, 0.3) is 22.0 Å². The largest absolute Gasteiger partial charge is 0.344 e. The highest BCUT2D eigenvalue weighted by atomic mass is 32.2. The summed E-state index contributed by atoms with van der Waals surface area (Å²) in [7, 11) is 0. The van der Waals surface area contributed by atoms with E-state index in [1.807, 2.05) is 54.6 Å². The lowest BCUT2D eigenvalue weighted by molar-refractivity contribution is -0.118. The molecule has 1 aromatic heterocycles. The number of aromatic nitrogens is 2. The van der Waals surface area contributed by atoms with E-state index in [1.54, 1.807) is 0 Å². The van der Waals surface area contributed by atoms with Crippen molar-refractivity contribution in [3.8, 4) is 23.6 Å². The highest BCUT2D eigenvalue weighted by Crippen LogP contribution is 2.31. The molecule has 3 rings (SSSR count). The standard InChI is InChI=1S/C19H15N3OS/c1-2-12-20-17(23)13-24-19-16-11-7-6-10-15(16)18(21-22-19)14-8-4-3-5-9-14/h1,3-11H,12-13H2,(H,20,23). The summed E-state index contributed by atoms with van der Waals surface area (Å²) in [6, 6.07) is 17.9. The predicted molar refractivity (Wildman–Crippen MR) is 97.5 cm³/mol. The molecule has 0 saturated heterocycles. The molecule has 0 atom stereocenters. The van der Waals surface area contributed by atoms with Gasteiger partial charge in [0.15, 0.2) is 0 Å². The number of fused-ring (bicyclic) bond motifs is 1. The molecule has 118 valence electrons. The summed E-state index contributed by atoms with van der Waals surface area (Å²) in [4.78, 5) is 11.7. The quantitative estimate of drug-likeness (QED) is 0.576. The van der Waals surface area contributed by atoms with Crippen LogP contribution < -0.4 is 5.32 Å². The third-order valence-corrected chi connectivity index (χ3v) is 4.41. The Morgan fingerprint density at radius 3 is 2.50 bits per heavy atom. The molecule has 0 bridgehead atoms. The number of terminal acetylenes is 1. The summed E-state index contributed by atoms with van der Waals surface area (Å²) in [5.74, 6) is 2.52. The topological polar surface area (TPSA) is 54.9 Å². The number of carbonyl (C=O) groups excluding carboxylic acids is 1. The minimum atomic E-state index is -0.115. The van der Waals surface area contributed by atoms with E-state index in [9.17, 15) is 4.79 Å². The minimum Gasteiger partial charge on any atom is -0.344 e. The Morgan fingerprint density at radius 1 is 1.04 bits per heavy atom. The predicted octanol–water partition coefficient (Wildman–Crippen LogP) is 3.14. The number of rotatable bonds is 5. The van der Waals surface area contributed by atoms with Gasteiger partial charge in [-0.2, -0.15) is 0 Å². The summed E-state index contributed by atoms with van der Waals surface area (Å²) >= 11 is 1.36. The van der Waals surface area contributed by atoms with Gasteiger partial charge in [-0.1, -0.05) is 72.3 Å².